The zero-order valence-corrected chi connectivity index (χ0v) is 15.3. The van der Waals surface area contributed by atoms with Gasteiger partial charge in [-0.3, -0.25) is 4.79 Å². The number of rotatable bonds is 8. The quantitative estimate of drug-likeness (QED) is 0.679. The molecule has 1 N–H and O–H groups in total. The van der Waals surface area contributed by atoms with Crippen molar-refractivity contribution in [3.05, 3.63) is 23.9 Å². The number of nitrogens with zero attached hydrogens (tertiary/aromatic N) is 2. The van der Waals surface area contributed by atoms with Gasteiger partial charge in [-0.2, -0.15) is 0 Å². The third kappa shape index (κ3) is 5.78. The third-order valence-electron chi connectivity index (χ3n) is 4.08. The number of carbonyl (C=O) groups excluding carboxylic acids is 1. The Kier molecular flexibility index (Phi) is 6.60. The molecule has 0 unspecified atom stereocenters. The standard InChI is InChI=1S/C17H27N3O3S/c1-14(2)7-5-3-4-6-10-18-17(21)15-8-9-16-19-24(22,23)12-11-20(16)13-15/h8-9,13-14H,3-7,10-12H2,1-2H3,(H,18,21). The van der Waals surface area contributed by atoms with Gasteiger partial charge in [-0.15, -0.1) is 4.40 Å². The number of sulfonamides is 1. The predicted octanol–water partition coefficient (Wildman–Crippen LogP) is 2.21. The number of hydrogen-bond acceptors (Lipinski definition) is 4. The van der Waals surface area contributed by atoms with E-state index in [1.165, 1.54) is 19.3 Å². The van der Waals surface area contributed by atoms with E-state index in [0.717, 1.165) is 18.8 Å². The van der Waals surface area contributed by atoms with E-state index in [0.29, 0.717) is 24.5 Å². The van der Waals surface area contributed by atoms with E-state index in [9.17, 15) is 13.2 Å². The van der Waals surface area contributed by atoms with Crippen LogP contribution in [0.25, 0.3) is 0 Å². The fraction of sp³-hybridized carbons (Fsp3) is 0.647. The van der Waals surface area contributed by atoms with Crippen molar-refractivity contribution in [2.75, 3.05) is 18.8 Å². The highest BCUT2D eigenvalue weighted by Crippen LogP contribution is 2.16. The van der Waals surface area contributed by atoms with E-state index in [4.69, 9.17) is 0 Å². The second-order valence-corrected chi connectivity index (χ2v) is 8.45. The summed E-state index contributed by atoms with van der Waals surface area (Å²) in [6.45, 7) is 5.47. The van der Waals surface area contributed by atoms with Gasteiger partial charge in [-0.05, 0) is 24.5 Å². The van der Waals surface area contributed by atoms with Crippen molar-refractivity contribution in [2.45, 2.75) is 46.0 Å². The Morgan fingerprint density at radius 2 is 2.00 bits per heavy atom. The van der Waals surface area contributed by atoms with E-state index >= 15 is 0 Å². The van der Waals surface area contributed by atoms with Crippen LogP contribution in [-0.2, 0) is 14.8 Å². The molecule has 0 aliphatic carbocycles. The zero-order chi connectivity index (χ0) is 17.6. The summed E-state index contributed by atoms with van der Waals surface area (Å²) < 4.78 is 26.6. The minimum atomic E-state index is -3.36. The Bertz CT molecular complexity index is 648. The van der Waals surface area contributed by atoms with E-state index in [-0.39, 0.29) is 11.7 Å². The summed E-state index contributed by atoms with van der Waals surface area (Å²) in [6.07, 6.45) is 10.7. The highest BCUT2D eigenvalue weighted by molar-refractivity contribution is 7.90. The van der Waals surface area contributed by atoms with Crippen LogP contribution in [0.5, 0.6) is 0 Å². The van der Waals surface area contributed by atoms with Crippen LogP contribution in [0.4, 0.5) is 0 Å². The fourth-order valence-corrected chi connectivity index (χ4v) is 3.64. The fourth-order valence-electron chi connectivity index (χ4n) is 2.67. The van der Waals surface area contributed by atoms with E-state index in [2.05, 4.69) is 23.6 Å². The molecule has 134 valence electrons. The molecule has 6 nitrogen and oxygen atoms in total. The first-order valence-corrected chi connectivity index (χ1v) is 10.3. The van der Waals surface area contributed by atoms with Crippen molar-refractivity contribution in [2.24, 2.45) is 10.3 Å². The molecule has 7 heteroatoms. The molecule has 2 rings (SSSR count). The van der Waals surface area contributed by atoms with Crippen molar-refractivity contribution in [3.63, 3.8) is 0 Å². The number of hydrogen-bond donors (Lipinski definition) is 1. The van der Waals surface area contributed by atoms with Gasteiger partial charge in [0.05, 0.1) is 11.3 Å². The molecule has 2 aliphatic heterocycles. The zero-order valence-electron chi connectivity index (χ0n) is 14.5. The Labute approximate surface area is 144 Å². The average Bonchev–Trinajstić information content (AvgIpc) is 2.52. The molecule has 0 fully saturated rings. The molecule has 2 heterocycles. The predicted molar refractivity (Wildman–Crippen MR) is 96.1 cm³/mol. The number of amides is 1. The molecular formula is C17H27N3O3S. The van der Waals surface area contributed by atoms with Gasteiger partial charge < -0.3 is 10.2 Å². The molecular weight excluding hydrogens is 326 g/mol. The Hall–Kier alpha value is -1.63. The van der Waals surface area contributed by atoms with Crippen molar-refractivity contribution in [1.82, 2.24) is 10.2 Å². The lowest BCUT2D eigenvalue weighted by molar-refractivity contribution is -0.117. The molecule has 0 bridgehead atoms. The van der Waals surface area contributed by atoms with Gasteiger partial charge in [0, 0.05) is 19.3 Å². The second-order valence-electron chi connectivity index (χ2n) is 6.70. The Morgan fingerprint density at radius 1 is 1.25 bits per heavy atom. The maximum Gasteiger partial charge on any atom is 0.256 e. The Balaban J connectivity index is 1.73. The molecule has 0 radical (unpaired) electrons. The summed E-state index contributed by atoms with van der Waals surface area (Å²) in [6, 6.07) is 0. The first kappa shape index (κ1) is 18.7. The van der Waals surface area contributed by atoms with Crippen molar-refractivity contribution < 1.29 is 13.2 Å². The SMILES string of the molecule is CC(C)CCCCCCNC(=O)C1=CN2CCS(=O)(=O)N=C2C=C1. The van der Waals surface area contributed by atoms with Crippen LogP contribution in [-0.4, -0.2) is 43.9 Å². The largest absolute Gasteiger partial charge is 0.352 e. The molecule has 0 aromatic rings. The number of carbonyl (C=O) groups is 1. The van der Waals surface area contributed by atoms with Gasteiger partial charge >= 0.3 is 0 Å². The molecule has 0 atom stereocenters. The minimum absolute atomic E-state index is 0.0217. The highest BCUT2D eigenvalue weighted by Gasteiger charge is 2.24. The first-order chi connectivity index (χ1) is 11.4. The van der Waals surface area contributed by atoms with Crippen LogP contribution >= 0.6 is 0 Å². The van der Waals surface area contributed by atoms with Crippen LogP contribution in [0.2, 0.25) is 0 Å². The van der Waals surface area contributed by atoms with Crippen molar-refractivity contribution in [3.8, 4) is 0 Å². The summed E-state index contributed by atoms with van der Waals surface area (Å²) in [5.74, 6) is 0.989. The number of amidine groups is 1. The number of unbranched alkanes of at least 4 members (excludes halogenated alkanes) is 3. The summed E-state index contributed by atoms with van der Waals surface area (Å²) in [7, 11) is -3.36. The van der Waals surface area contributed by atoms with E-state index in [1.54, 1.807) is 23.3 Å². The first-order valence-electron chi connectivity index (χ1n) is 8.65. The molecule has 2 aliphatic rings. The Morgan fingerprint density at radius 3 is 2.75 bits per heavy atom. The third-order valence-corrected chi connectivity index (χ3v) is 5.24. The lowest BCUT2D eigenvalue weighted by Crippen LogP contribution is -2.38. The van der Waals surface area contributed by atoms with Gasteiger partial charge in [0.2, 0.25) is 0 Å². The molecule has 0 saturated heterocycles. The summed E-state index contributed by atoms with van der Waals surface area (Å²) in [4.78, 5) is 13.9. The lowest BCUT2D eigenvalue weighted by atomic mass is 10.0. The van der Waals surface area contributed by atoms with Crippen LogP contribution in [0.15, 0.2) is 28.3 Å². The van der Waals surface area contributed by atoms with Gasteiger partial charge in [0.25, 0.3) is 15.9 Å². The summed E-state index contributed by atoms with van der Waals surface area (Å²) in [5.41, 5.74) is 0.535. The van der Waals surface area contributed by atoms with E-state index < -0.39 is 10.0 Å². The van der Waals surface area contributed by atoms with Gasteiger partial charge in [-0.1, -0.05) is 39.5 Å². The second kappa shape index (κ2) is 8.46. The molecule has 1 amide bonds. The maximum absolute atomic E-state index is 12.2. The normalized spacial score (nSPS) is 18.9. The number of nitrogens with one attached hydrogen (secondary N) is 1. The molecule has 0 aromatic carbocycles. The lowest BCUT2D eigenvalue weighted by Gasteiger charge is -2.26. The monoisotopic (exact) mass is 353 g/mol. The molecule has 24 heavy (non-hydrogen) atoms. The number of fused-ring (bicyclic) bond motifs is 1. The summed E-state index contributed by atoms with van der Waals surface area (Å²) >= 11 is 0. The topological polar surface area (TPSA) is 78.8 Å². The average molecular weight is 353 g/mol. The molecule has 0 aromatic heterocycles. The van der Waals surface area contributed by atoms with Crippen molar-refractivity contribution in [1.29, 1.82) is 0 Å². The van der Waals surface area contributed by atoms with Crippen molar-refractivity contribution >= 4 is 21.8 Å². The van der Waals surface area contributed by atoms with Crippen LogP contribution in [0.3, 0.4) is 0 Å². The van der Waals surface area contributed by atoms with Gasteiger partial charge in [-0.25, -0.2) is 8.42 Å². The van der Waals surface area contributed by atoms with Gasteiger partial charge in [0.1, 0.15) is 5.84 Å². The molecule has 0 spiro atoms. The van der Waals surface area contributed by atoms with Crippen LogP contribution in [0, 0.1) is 5.92 Å². The maximum atomic E-state index is 12.2. The van der Waals surface area contributed by atoms with Gasteiger partial charge in [0.15, 0.2) is 0 Å². The van der Waals surface area contributed by atoms with Crippen LogP contribution in [0.1, 0.15) is 46.0 Å². The van der Waals surface area contributed by atoms with E-state index in [1.807, 2.05) is 0 Å². The highest BCUT2D eigenvalue weighted by atomic mass is 32.2. The minimum Gasteiger partial charge on any atom is -0.352 e. The smallest absolute Gasteiger partial charge is 0.256 e. The van der Waals surface area contributed by atoms with Crippen LogP contribution < -0.4 is 5.32 Å². The molecule has 0 saturated carbocycles. The summed E-state index contributed by atoms with van der Waals surface area (Å²) in [5, 5.41) is 2.92.